The van der Waals surface area contributed by atoms with Crippen LogP contribution < -0.4 is 20.5 Å². The van der Waals surface area contributed by atoms with Crippen molar-refractivity contribution in [2.45, 2.75) is 6.61 Å². The van der Waals surface area contributed by atoms with Gasteiger partial charge >= 0.3 is 0 Å². The number of nitrogens with two attached hydrogens (primary N) is 1. The van der Waals surface area contributed by atoms with Crippen LogP contribution in [-0.2, 0) is 6.61 Å². The molecule has 0 saturated carbocycles. The van der Waals surface area contributed by atoms with E-state index in [2.05, 4.69) is 10.3 Å². The molecule has 0 amide bonds. The van der Waals surface area contributed by atoms with E-state index in [4.69, 9.17) is 15.2 Å². The first kappa shape index (κ1) is 17.4. The fraction of sp³-hybridized carbons (Fsp3) is 0.0952. The molecule has 5 heteroatoms. The average molecular weight is 347 g/mol. The molecule has 0 heterocycles. The number of rotatable bonds is 6. The van der Waals surface area contributed by atoms with Crippen molar-refractivity contribution >= 4 is 11.6 Å². The summed E-state index contributed by atoms with van der Waals surface area (Å²) in [6.45, 7) is 0.456. The van der Waals surface area contributed by atoms with Crippen LogP contribution in [0.4, 0.5) is 5.69 Å². The van der Waals surface area contributed by atoms with Crippen molar-refractivity contribution in [2.24, 2.45) is 10.7 Å². The van der Waals surface area contributed by atoms with Gasteiger partial charge in [0, 0.05) is 18.8 Å². The van der Waals surface area contributed by atoms with E-state index in [1.165, 1.54) is 0 Å². The standard InChI is InChI=1S/C21H21N3O2/c1-23-21(22)24-17-12-13-19(25-15-16-8-4-2-5-9-16)20(14-17)26-18-10-6-3-7-11-18/h2-14H,15H2,1H3,(H3,22,23,24). The number of nitrogens with zero attached hydrogens (tertiary/aromatic N) is 1. The summed E-state index contributed by atoms with van der Waals surface area (Å²) in [4.78, 5) is 3.91. The second-order valence-corrected chi connectivity index (χ2v) is 5.58. The maximum atomic E-state index is 6.01. The summed E-state index contributed by atoms with van der Waals surface area (Å²) in [6, 6.07) is 25.1. The zero-order valence-corrected chi connectivity index (χ0v) is 14.6. The number of nitrogens with one attached hydrogen (secondary N) is 1. The minimum absolute atomic E-state index is 0.327. The molecule has 0 aromatic heterocycles. The number of hydrogen-bond donors (Lipinski definition) is 2. The first-order valence-corrected chi connectivity index (χ1v) is 8.27. The van der Waals surface area contributed by atoms with Crippen molar-refractivity contribution in [1.82, 2.24) is 0 Å². The van der Waals surface area contributed by atoms with Crippen LogP contribution in [0.25, 0.3) is 0 Å². The topological polar surface area (TPSA) is 68.9 Å². The van der Waals surface area contributed by atoms with E-state index in [0.29, 0.717) is 24.1 Å². The van der Waals surface area contributed by atoms with Crippen LogP contribution >= 0.6 is 0 Å². The Hall–Kier alpha value is -3.47. The fourth-order valence-electron chi connectivity index (χ4n) is 2.34. The van der Waals surface area contributed by atoms with Crippen LogP contribution in [0.3, 0.4) is 0 Å². The molecule has 0 fully saturated rings. The van der Waals surface area contributed by atoms with Gasteiger partial charge in [0.15, 0.2) is 17.5 Å². The van der Waals surface area contributed by atoms with Crippen molar-refractivity contribution in [3.05, 3.63) is 84.4 Å². The molecule has 26 heavy (non-hydrogen) atoms. The Labute approximate surface area is 153 Å². The monoisotopic (exact) mass is 347 g/mol. The van der Waals surface area contributed by atoms with Crippen LogP contribution in [0.1, 0.15) is 5.56 Å². The lowest BCUT2D eigenvalue weighted by Gasteiger charge is -2.15. The summed E-state index contributed by atoms with van der Waals surface area (Å²) in [5, 5.41) is 3.01. The Morgan fingerprint density at radius 1 is 0.923 bits per heavy atom. The summed E-state index contributed by atoms with van der Waals surface area (Å²) < 4.78 is 12.0. The summed E-state index contributed by atoms with van der Waals surface area (Å²) in [7, 11) is 1.63. The van der Waals surface area contributed by atoms with Crippen LogP contribution in [0.15, 0.2) is 83.9 Å². The first-order chi connectivity index (χ1) is 12.7. The molecule has 0 aliphatic carbocycles. The third-order valence-corrected chi connectivity index (χ3v) is 3.67. The second kappa shape index (κ2) is 8.58. The second-order valence-electron chi connectivity index (χ2n) is 5.58. The predicted molar refractivity (Wildman–Crippen MR) is 105 cm³/mol. The van der Waals surface area contributed by atoms with Crippen molar-refractivity contribution in [2.75, 3.05) is 12.4 Å². The first-order valence-electron chi connectivity index (χ1n) is 8.27. The molecule has 0 unspecified atom stereocenters. The van der Waals surface area contributed by atoms with Gasteiger partial charge in [-0.15, -0.1) is 0 Å². The van der Waals surface area contributed by atoms with Gasteiger partial charge in [0.25, 0.3) is 0 Å². The van der Waals surface area contributed by atoms with Crippen LogP contribution in [0.5, 0.6) is 17.2 Å². The number of benzene rings is 3. The van der Waals surface area contributed by atoms with E-state index in [9.17, 15) is 0 Å². The number of guanidine groups is 1. The molecule has 132 valence electrons. The van der Waals surface area contributed by atoms with E-state index in [0.717, 1.165) is 17.0 Å². The molecule has 3 N–H and O–H groups in total. The van der Waals surface area contributed by atoms with Crippen molar-refractivity contribution < 1.29 is 9.47 Å². The zero-order chi connectivity index (χ0) is 18.2. The average Bonchev–Trinajstić information content (AvgIpc) is 2.69. The van der Waals surface area contributed by atoms with Gasteiger partial charge in [-0.1, -0.05) is 48.5 Å². The highest BCUT2D eigenvalue weighted by atomic mass is 16.5. The summed E-state index contributed by atoms with van der Waals surface area (Å²) in [5.41, 5.74) is 7.60. The number of aliphatic imine (C=N–C) groups is 1. The van der Waals surface area contributed by atoms with Gasteiger partial charge in [0.2, 0.25) is 0 Å². The van der Waals surface area contributed by atoms with E-state index >= 15 is 0 Å². The molecule has 0 atom stereocenters. The lowest BCUT2D eigenvalue weighted by atomic mass is 10.2. The van der Waals surface area contributed by atoms with Crippen molar-refractivity contribution in [1.29, 1.82) is 0 Å². The predicted octanol–water partition coefficient (Wildman–Crippen LogP) is 4.41. The lowest BCUT2D eigenvalue weighted by Crippen LogP contribution is -2.21. The molecule has 3 rings (SSSR count). The number of para-hydroxylation sites is 1. The van der Waals surface area contributed by atoms with Crippen molar-refractivity contribution in [3.8, 4) is 17.2 Å². The number of ether oxygens (including phenoxy) is 2. The maximum Gasteiger partial charge on any atom is 0.192 e. The van der Waals surface area contributed by atoms with Gasteiger partial charge in [-0.2, -0.15) is 0 Å². The van der Waals surface area contributed by atoms with Crippen LogP contribution in [0, 0.1) is 0 Å². The van der Waals surface area contributed by atoms with Gasteiger partial charge in [0.1, 0.15) is 12.4 Å². The molecule has 3 aromatic carbocycles. The molecular weight excluding hydrogens is 326 g/mol. The molecule has 0 aliphatic heterocycles. The molecule has 3 aromatic rings. The number of hydrogen-bond acceptors (Lipinski definition) is 3. The quantitative estimate of drug-likeness (QED) is 0.512. The maximum absolute atomic E-state index is 6.01. The molecule has 5 nitrogen and oxygen atoms in total. The third kappa shape index (κ3) is 4.77. The van der Waals surface area contributed by atoms with Crippen LogP contribution in [0.2, 0.25) is 0 Å². The Morgan fingerprint density at radius 2 is 1.62 bits per heavy atom. The van der Waals surface area contributed by atoms with Gasteiger partial charge in [-0.3, -0.25) is 4.99 Å². The smallest absolute Gasteiger partial charge is 0.192 e. The van der Waals surface area contributed by atoms with Gasteiger partial charge in [-0.25, -0.2) is 0 Å². The molecule has 0 spiro atoms. The number of anilines is 1. The Balaban J connectivity index is 1.83. The SMILES string of the molecule is CN=C(N)Nc1ccc(OCc2ccccc2)c(Oc2ccccc2)c1. The highest BCUT2D eigenvalue weighted by Gasteiger charge is 2.09. The van der Waals surface area contributed by atoms with Gasteiger partial charge < -0.3 is 20.5 Å². The van der Waals surface area contributed by atoms with E-state index < -0.39 is 0 Å². The van der Waals surface area contributed by atoms with Crippen LogP contribution in [-0.4, -0.2) is 13.0 Å². The molecule has 0 radical (unpaired) electrons. The van der Waals surface area contributed by atoms with E-state index in [-0.39, 0.29) is 0 Å². The lowest BCUT2D eigenvalue weighted by molar-refractivity contribution is 0.291. The summed E-state index contributed by atoms with van der Waals surface area (Å²) >= 11 is 0. The van der Waals surface area contributed by atoms with E-state index in [1.807, 2.05) is 78.9 Å². The minimum Gasteiger partial charge on any atom is -0.485 e. The highest BCUT2D eigenvalue weighted by Crippen LogP contribution is 2.34. The summed E-state index contributed by atoms with van der Waals surface area (Å²) in [5.74, 6) is 2.30. The zero-order valence-electron chi connectivity index (χ0n) is 14.6. The summed E-state index contributed by atoms with van der Waals surface area (Å²) in [6.07, 6.45) is 0. The fourth-order valence-corrected chi connectivity index (χ4v) is 2.34. The largest absolute Gasteiger partial charge is 0.485 e. The van der Waals surface area contributed by atoms with Gasteiger partial charge in [0.05, 0.1) is 0 Å². The Bertz CT molecular complexity index is 865. The van der Waals surface area contributed by atoms with E-state index in [1.54, 1.807) is 7.05 Å². The molecule has 0 saturated heterocycles. The third-order valence-electron chi connectivity index (χ3n) is 3.67. The Kier molecular flexibility index (Phi) is 5.72. The highest BCUT2D eigenvalue weighted by molar-refractivity contribution is 5.92. The van der Waals surface area contributed by atoms with Gasteiger partial charge in [-0.05, 0) is 29.8 Å². The van der Waals surface area contributed by atoms with Crippen molar-refractivity contribution in [3.63, 3.8) is 0 Å². The molecule has 0 aliphatic rings. The molecule has 0 bridgehead atoms. The molecular formula is C21H21N3O2. The normalized spacial score (nSPS) is 11.0. The Morgan fingerprint density at radius 3 is 2.31 bits per heavy atom. The minimum atomic E-state index is 0.327.